The van der Waals surface area contributed by atoms with Crippen molar-refractivity contribution >= 4 is 39.3 Å². The van der Waals surface area contributed by atoms with Gasteiger partial charge >= 0.3 is 6.09 Å². The predicted molar refractivity (Wildman–Crippen MR) is 190 cm³/mol. The number of halogens is 1. The third-order valence-corrected chi connectivity index (χ3v) is 13.0. The molecule has 2 N–H and O–H groups in total. The van der Waals surface area contributed by atoms with Crippen LogP contribution in [0.5, 0.6) is 5.75 Å². The van der Waals surface area contributed by atoms with Gasteiger partial charge < -0.3 is 29.3 Å². The van der Waals surface area contributed by atoms with Crippen molar-refractivity contribution in [2.24, 2.45) is 11.8 Å². The number of rotatable bonds is 2. The third-order valence-electron chi connectivity index (χ3n) is 11.4. The molecule has 3 aliphatic heterocycles. The number of carbonyl (C=O) groups excluding carboxylic acids is 2. The van der Waals surface area contributed by atoms with Gasteiger partial charge in [-0.3, -0.25) is 4.79 Å². The number of likely N-dealkylation sites (tertiary alicyclic amines) is 1. The number of hydrogen-bond acceptors (Lipinski definition) is 9. The molecular formula is C37H47ClN4O7S. The van der Waals surface area contributed by atoms with E-state index in [-0.39, 0.29) is 40.9 Å². The van der Waals surface area contributed by atoms with E-state index in [0.29, 0.717) is 49.2 Å². The lowest BCUT2D eigenvalue weighted by Crippen LogP contribution is -2.50. The number of nitrogens with zero attached hydrogens (tertiary/aromatic N) is 2. The Morgan fingerprint density at radius 3 is 2.72 bits per heavy atom. The zero-order valence-corrected chi connectivity index (χ0v) is 30.5. The molecule has 5 atom stereocenters. The molecule has 270 valence electrons. The van der Waals surface area contributed by atoms with E-state index in [4.69, 9.17) is 25.8 Å². The highest BCUT2D eigenvalue weighted by atomic mass is 35.5. The van der Waals surface area contributed by atoms with Gasteiger partial charge in [-0.15, -0.1) is 0 Å². The van der Waals surface area contributed by atoms with Crippen molar-refractivity contribution in [2.75, 3.05) is 51.3 Å². The number of anilines is 1. The minimum absolute atomic E-state index is 0.0322. The monoisotopic (exact) mass is 726 g/mol. The summed E-state index contributed by atoms with van der Waals surface area (Å²) in [7, 11) is -2.33. The Morgan fingerprint density at radius 2 is 1.96 bits per heavy atom. The molecule has 3 heterocycles. The van der Waals surface area contributed by atoms with Crippen molar-refractivity contribution in [3.05, 3.63) is 64.7 Å². The van der Waals surface area contributed by atoms with Gasteiger partial charge in [-0.25, -0.2) is 17.9 Å². The molecule has 0 radical (unpaired) electrons. The molecule has 50 heavy (non-hydrogen) atoms. The van der Waals surface area contributed by atoms with Crippen LogP contribution in [0, 0.1) is 11.8 Å². The fourth-order valence-corrected chi connectivity index (χ4v) is 9.55. The molecule has 2 aliphatic carbocycles. The van der Waals surface area contributed by atoms with E-state index in [1.54, 1.807) is 23.1 Å². The molecular weight excluding hydrogens is 680 g/mol. The van der Waals surface area contributed by atoms with Crippen molar-refractivity contribution in [1.29, 1.82) is 0 Å². The van der Waals surface area contributed by atoms with Gasteiger partial charge in [0, 0.05) is 48.6 Å². The number of amides is 2. The topological polar surface area (TPSA) is 127 Å². The van der Waals surface area contributed by atoms with E-state index in [1.165, 1.54) is 31.0 Å². The fraction of sp³-hybridized carbons (Fsp3) is 0.568. The summed E-state index contributed by atoms with van der Waals surface area (Å²) < 4.78 is 48.2. The standard InChI is InChI=1S/C37H47ClN4O7S/c1-36(2)34(43)40-50(45,46)28-10-13-33-31(19-28)42(22-37(23-47-33)15-4-6-24-18-26(38)9-12-30(24)37)20-25-8-11-29(25)32(7-5-17-48-36)49-35(44)41-16-14-27(21-41)39-3/h5,7,9-10,12-13,18-19,25,27,29,32,39H,4,6,8,11,14-17,20-23H2,1-3H3,(H,40,43)/b7-5+/t25-,27-,29+,32-,37-/m0/s1. The first-order valence-corrected chi connectivity index (χ1v) is 19.5. The number of hydrogen-bond donors (Lipinski definition) is 2. The van der Waals surface area contributed by atoms with Crippen molar-refractivity contribution in [3.8, 4) is 5.75 Å². The smallest absolute Gasteiger partial charge is 0.410 e. The Bertz CT molecular complexity index is 1780. The average Bonchev–Trinajstić information content (AvgIpc) is 3.50. The first-order valence-electron chi connectivity index (χ1n) is 17.7. The highest BCUT2D eigenvalue weighted by molar-refractivity contribution is 7.90. The average molecular weight is 727 g/mol. The summed E-state index contributed by atoms with van der Waals surface area (Å²) in [5.74, 6) is -0.00448. The lowest BCUT2D eigenvalue weighted by molar-refractivity contribution is -0.139. The van der Waals surface area contributed by atoms with Crippen LogP contribution in [0.1, 0.15) is 57.1 Å². The summed E-state index contributed by atoms with van der Waals surface area (Å²) in [4.78, 5) is 30.7. The van der Waals surface area contributed by atoms with E-state index in [9.17, 15) is 18.0 Å². The minimum Gasteiger partial charge on any atom is -0.490 e. The van der Waals surface area contributed by atoms with Crippen molar-refractivity contribution < 1.29 is 32.2 Å². The van der Waals surface area contributed by atoms with Crippen molar-refractivity contribution in [3.63, 3.8) is 0 Å². The zero-order valence-electron chi connectivity index (χ0n) is 29.0. The molecule has 11 nitrogen and oxygen atoms in total. The molecule has 5 aliphatic rings. The second-order valence-corrected chi connectivity index (χ2v) is 17.1. The quantitative estimate of drug-likeness (QED) is 0.420. The summed E-state index contributed by atoms with van der Waals surface area (Å²) in [5, 5.41) is 3.96. The van der Waals surface area contributed by atoms with Crippen LogP contribution in [0.15, 0.2) is 53.4 Å². The molecule has 0 aromatic heterocycles. The van der Waals surface area contributed by atoms with Crippen LogP contribution < -0.4 is 19.7 Å². The zero-order chi connectivity index (χ0) is 35.3. The maximum Gasteiger partial charge on any atom is 0.410 e. The number of ether oxygens (including phenoxy) is 3. The van der Waals surface area contributed by atoms with Crippen LogP contribution >= 0.6 is 11.6 Å². The normalized spacial score (nSPS) is 30.9. The number of nitrogens with one attached hydrogen (secondary N) is 2. The van der Waals surface area contributed by atoms with Gasteiger partial charge in [0.2, 0.25) is 0 Å². The summed E-state index contributed by atoms with van der Waals surface area (Å²) in [5.41, 5.74) is 1.27. The predicted octanol–water partition coefficient (Wildman–Crippen LogP) is 4.81. The minimum atomic E-state index is -4.24. The largest absolute Gasteiger partial charge is 0.490 e. The lowest BCUT2D eigenvalue weighted by atomic mass is 9.68. The third kappa shape index (κ3) is 6.83. The van der Waals surface area contributed by atoms with Crippen molar-refractivity contribution in [2.45, 2.75) is 80.4 Å². The number of sulfonamides is 1. The van der Waals surface area contributed by atoms with Gasteiger partial charge in [0.25, 0.3) is 15.9 Å². The van der Waals surface area contributed by atoms with E-state index in [1.807, 2.05) is 19.2 Å². The molecule has 2 aromatic rings. The second kappa shape index (κ2) is 13.7. The molecule has 2 fully saturated rings. The Labute approximate surface area is 299 Å². The number of likely N-dealkylation sites (N-methyl/N-ethyl adjacent to an activating group) is 1. The van der Waals surface area contributed by atoms with Gasteiger partial charge in [-0.1, -0.05) is 23.7 Å². The van der Waals surface area contributed by atoms with Gasteiger partial charge in [-0.2, -0.15) is 0 Å². The Kier molecular flexibility index (Phi) is 9.59. The maximum atomic E-state index is 13.6. The maximum absolute atomic E-state index is 13.6. The highest BCUT2D eigenvalue weighted by Crippen LogP contribution is 2.47. The van der Waals surface area contributed by atoms with E-state index in [0.717, 1.165) is 38.5 Å². The summed E-state index contributed by atoms with van der Waals surface area (Å²) in [6, 6.07) is 11.1. The number of benzene rings is 2. The first-order chi connectivity index (χ1) is 23.9. The van der Waals surface area contributed by atoms with E-state index >= 15 is 0 Å². The molecule has 2 aromatic carbocycles. The van der Waals surface area contributed by atoms with Crippen LogP contribution in [-0.4, -0.2) is 89.5 Å². The van der Waals surface area contributed by atoms with Crippen molar-refractivity contribution in [1.82, 2.24) is 14.9 Å². The Morgan fingerprint density at radius 1 is 1.12 bits per heavy atom. The number of aryl methyl sites for hydroxylation is 1. The Balaban J connectivity index is 1.27. The van der Waals surface area contributed by atoms with Crippen LogP contribution in [0.2, 0.25) is 5.02 Å². The number of fused-ring (bicyclic) bond motifs is 4. The van der Waals surface area contributed by atoms with Crippen LogP contribution in [0.3, 0.4) is 0 Å². The molecule has 0 unspecified atom stereocenters. The molecule has 2 bridgehead atoms. The summed E-state index contributed by atoms with van der Waals surface area (Å²) in [6.45, 7) is 5.96. The Hall–Kier alpha value is -3.32. The van der Waals surface area contributed by atoms with Gasteiger partial charge in [0.15, 0.2) is 0 Å². The summed E-state index contributed by atoms with van der Waals surface area (Å²) in [6.07, 6.45) is 8.30. The van der Waals surface area contributed by atoms with Gasteiger partial charge in [0.1, 0.15) is 17.5 Å². The molecule has 2 amide bonds. The second-order valence-electron chi connectivity index (χ2n) is 15.0. The highest BCUT2D eigenvalue weighted by Gasteiger charge is 2.45. The van der Waals surface area contributed by atoms with Crippen LogP contribution in [0.4, 0.5) is 10.5 Å². The molecule has 7 rings (SSSR count). The van der Waals surface area contributed by atoms with Crippen LogP contribution in [-0.2, 0) is 36.1 Å². The van der Waals surface area contributed by atoms with E-state index < -0.39 is 27.6 Å². The van der Waals surface area contributed by atoms with Gasteiger partial charge in [0.05, 0.1) is 23.8 Å². The molecule has 1 saturated carbocycles. The van der Waals surface area contributed by atoms with Crippen LogP contribution in [0.25, 0.3) is 0 Å². The molecule has 13 heteroatoms. The SMILES string of the molecule is CN[C@H]1CCN(C(=O)O[C@H]2/C=C/COC(C)(C)C(=O)NS(=O)(=O)c3ccc4c(c3)N(C[C@@H]3CC[C@H]32)C[C@@]2(CCCc3cc(Cl)ccc32)CO4)C1. The first kappa shape index (κ1) is 35.1. The molecule has 1 saturated heterocycles. The van der Waals surface area contributed by atoms with Gasteiger partial charge in [-0.05, 0) is 113 Å². The number of carbonyl (C=O) groups is 2. The molecule has 1 spiro atoms. The van der Waals surface area contributed by atoms with E-state index in [2.05, 4.69) is 27.1 Å². The summed E-state index contributed by atoms with van der Waals surface area (Å²) >= 11 is 6.44. The fourth-order valence-electron chi connectivity index (χ4n) is 8.24. The lowest BCUT2D eigenvalue weighted by Gasteiger charge is -2.46.